The molecule has 0 unspecified atom stereocenters. The molecule has 4 rings (SSSR count). The molecule has 0 saturated heterocycles. The smallest absolute Gasteiger partial charge is 0.238 e. The quantitative estimate of drug-likeness (QED) is 0.765. The Balaban J connectivity index is 1.48. The SMILES string of the molecule is CCCCC(=O)NNC(=O)CC12CC3CC(CC(C3)C1)C2. The fraction of sp³-hybridized carbons (Fsp3) is 0.882. The minimum Gasteiger partial charge on any atom is -0.273 e. The summed E-state index contributed by atoms with van der Waals surface area (Å²) in [4.78, 5) is 23.7. The summed E-state index contributed by atoms with van der Waals surface area (Å²) in [5, 5.41) is 0. The molecule has 21 heavy (non-hydrogen) atoms. The Morgan fingerprint density at radius 1 is 0.952 bits per heavy atom. The lowest BCUT2D eigenvalue weighted by atomic mass is 9.49. The molecule has 0 aromatic carbocycles. The molecule has 4 nitrogen and oxygen atoms in total. The summed E-state index contributed by atoms with van der Waals surface area (Å²) in [5.41, 5.74) is 5.43. The first kappa shape index (κ1) is 14.9. The lowest BCUT2D eigenvalue weighted by Crippen LogP contribution is -2.50. The summed E-state index contributed by atoms with van der Waals surface area (Å²) in [6.07, 6.45) is 10.9. The molecule has 2 amide bonds. The van der Waals surface area contributed by atoms with Gasteiger partial charge in [0.15, 0.2) is 0 Å². The molecular weight excluding hydrogens is 264 g/mol. The summed E-state index contributed by atoms with van der Waals surface area (Å²) in [6, 6.07) is 0. The van der Waals surface area contributed by atoms with Gasteiger partial charge in [0.2, 0.25) is 11.8 Å². The van der Waals surface area contributed by atoms with Gasteiger partial charge in [-0.15, -0.1) is 0 Å². The molecule has 0 heterocycles. The predicted molar refractivity (Wildman–Crippen MR) is 81.0 cm³/mol. The van der Waals surface area contributed by atoms with E-state index >= 15 is 0 Å². The Morgan fingerprint density at radius 2 is 1.48 bits per heavy atom. The molecule has 0 aliphatic heterocycles. The van der Waals surface area contributed by atoms with Crippen LogP contribution in [0.3, 0.4) is 0 Å². The highest BCUT2D eigenvalue weighted by molar-refractivity contribution is 5.82. The average Bonchev–Trinajstić information content (AvgIpc) is 2.40. The Bertz CT molecular complexity index is 384. The van der Waals surface area contributed by atoms with Gasteiger partial charge in [-0.05, 0) is 68.1 Å². The van der Waals surface area contributed by atoms with E-state index in [1.165, 1.54) is 38.5 Å². The van der Waals surface area contributed by atoms with E-state index in [0.717, 1.165) is 30.6 Å². The number of nitrogens with one attached hydrogen (secondary N) is 2. The van der Waals surface area contributed by atoms with Crippen LogP contribution in [-0.4, -0.2) is 11.8 Å². The van der Waals surface area contributed by atoms with Crippen LogP contribution in [0, 0.1) is 23.2 Å². The number of rotatable bonds is 5. The number of carbonyl (C=O) groups is 2. The molecule has 0 spiro atoms. The van der Waals surface area contributed by atoms with Crippen molar-refractivity contribution in [3.8, 4) is 0 Å². The normalized spacial score (nSPS) is 36.5. The third-order valence-electron chi connectivity index (χ3n) is 5.80. The van der Waals surface area contributed by atoms with Crippen molar-refractivity contribution in [1.82, 2.24) is 10.9 Å². The first-order chi connectivity index (χ1) is 10.1. The van der Waals surface area contributed by atoms with Gasteiger partial charge >= 0.3 is 0 Å². The topological polar surface area (TPSA) is 58.2 Å². The highest BCUT2D eigenvalue weighted by Gasteiger charge is 2.51. The van der Waals surface area contributed by atoms with Crippen molar-refractivity contribution >= 4 is 11.8 Å². The fourth-order valence-electron chi connectivity index (χ4n) is 5.43. The van der Waals surface area contributed by atoms with E-state index in [1.54, 1.807) is 0 Å². The third-order valence-corrected chi connectivity index (χ3v) is 5.80. The van der Waals surface area contributed by atoms with E-state index in [2.05, 4.69) is 17.8 Å². The van der Waals surface area contributed by atoms with Gasteiger partial charge in [-0.25, -0.2) is 0 Å². The zero-order chi connectivity index (χ0) is 14.9. The third kappa shape index (κ3) is 3.41. The van der Waals surface area contributed by atoms with Crippen LogP contribution >= 0.6 is 0 Å². The summed E-state index contributed by atoms with van der Waals surface area (Å²) in [6.45, 7) is 2.05. The monoisotopic (exact) mass is 292 g/mol. The van der Waals surface area contributed by atoms with Crippen LogP contribution in [0.4, 0.5) is 0 Å². The van der Waals surface area contributed by atoms with Gasteiger partial charge in [-0.1, -0.05) is 13.3 Å². The van der Waals surface area contributed by atoms with Crippen molar-refractivity contribution in [2.75, 3.05) is 0 Å². The Kier molecular flexibility index (Phi) is 4.23. The van der Waals surface area contributed by atoms with E-state index in [4.69, 9.17) is 0 Å². The molecule has 0 aromatic heterocycles. The maximum absolute atomic E-state index is 12.2. The summed E-state index contributed by atoms with van der Waals surface area (Å²) >= 11 is 0. The van der Waals surface area contributed by atoms with Gasteiger partial charge < -0.3 is 0 Å². The number of unbranched alkanes of at least 4 members (excludes halogenated alkanes) is 1. The second-order valence-electron chi connectivity index (χ2n) is 7.79. The Hall–Kier alpha value is -1.06. The van der Waals surface area contributed by atoms with E-state index in [0.29, 0.717) is 12.8 Å². The maximum atomic E-state index is 12.2. The molecule has 0 radical (unpaired) electrons. The predicted octanol–water partition coefficient (Wildman–Crippen LogP) is 2.93. The molecule has 4 heteroatoms. The van der Waals surface area contributed by atoms with E-state index in [-0.39, 0.29) is 17.2 Å². The van der Waals surface area contributed by atoms with E-state index in [9.17, 15) is 9.59 Å². The summed E-state index contributed by atoms with van der Waals surface area (Å²) < 4.78 is 0. The van der Waals surface area contributed by atoms with Gasteiger partial charge in [-0.2, -0.15) is 0 Å². The molecule has 4 aliphatic carbocycles. The second-order valence-corrected chi connectivity index (χ2v) is 7.79. The van der Waals surface area contributed by atoms with Crippen molar-refractivity contribution in [1.29, 1.82) is 0 Å². The fourth-order valence-corrected chi connectivity index (χ4v) is 5.43. The molecule has 118 valence electrons. The molecular formula is C17H28N2O2. The minimum atomic E-state index is -0.0734. The molecule has 0 atom stereocenters. The zero-order valence-corrected chi connectivity index (χ0v) is 13.1. The second kappa shape index (κ2) is 5.98. The van der Waals surface area contributed by atoms with Crippen molar-refractivity contribution < 1.29 is 9.59 Å². The first-order valence-electron chi connectivity index (χ1n) is 8.66. The van der Waals surface area contributed by atoms with Gasteiger partial charge in [0, 0.05) is 12.8 Å². The summed E-state index contributed by atoms with van der Waals surface area (Å²) in [5.74, 6) is 2.52. The number of carbonyl (C=O) groups excluding carboxylic acids is 2. The van der Waals surface area contributed by atoms with Gasteiger partial charge in [-0.3, -0.25) is 20.4 Å². The number of hydrogen-bond donors (Lipinski definition) is 2. The van der Waals surface area contributed by atoms with Crippen LogP contribution < -0.4 is 10.9 Å². The van der Waals surface area contributed by atoms with Crippen molar-refractivity contribution in [3.05, 3.63) is 0 Å². The number of hydrazine groups is 1. The van der Waals surface area contributed by atoms with Gasteiger partial charge in [0.05, 0.1) is 0 Å². The highest BCUT2D eigenvalue weighted by atomic mass is 16.2. The lowest BCUT2D eigenvalue weighted by Gasteiger charge is -2.56. The largest absolute Gasteiger partial charge is 0.273 e. The van der Waals surface area contributed by atoms with Gasteiger partial charge in [0.1, 0.15) is 0 Å². The number of amides is 2. The number of hydrogen-bond acceptors (Lipinski definition) is 2. The van der Waals surface area contributed by atoms with Crippen molar-refractivity contribution in [3.63, 3.8) is 0 Å². The lowest BCUT2D eigenvalue weighted by molar-refractivity contribution is -0.134. The van der Waals surface area contributed by atoms with Crippen molar-refractivity contribution in [2.45, 2.75) is 71.1 Å². The van der Waals surface area contributed by atoms with Crippen LogP contribution in [-0.2, 0) is 9.59 Å². The van der Waals surface area contributed by atoms with Crippen LogP contribution in [0.25, 0.3) is 0 Å². The summed E-state index contributed by atoms with van der Waals surface area (Å²) in [7, 11) is 0. The molecule has 4 bridgehead atoms. The van der Waals surface area contributed by atoms with Crippen LogP contribution in [0.1, 0.15) is 71.1 Å². The van der Waals surface area contributed by atoms with Crippen LogP contribution in [0.2, 0.25) is 0 Å². The molecule has 4 aliphatic rings. The molecule has 2 N–H and O–H groups in total. The molecule has 4 fully saturated rings. The van der Waals surface area contributed by atoms with E-state index < -0.39 is 0 Å². The molecule has 4 saturated carbocycles. The Morgan fingerprint density at radius 3 is 2.00 bits per heavy atom. The first-order valence-corrected chi connectivity index (χ1v) is 8.66. The minimum absolute atomic E-state index is 0.00167. The van der Waals surface area contributed by atoms with Crippen LogP contribution in [0.15, 0.2) is 0 Å². The molecule has 0 aromatic rings. The highest BCUT2D eigenvalue weighted by Crippen LogP contribution is 2.61. The average molecular weight is 292 g/mol. The maximum Gasteiger partial charge on any atom is 0.238 e. The van der Waals surface area contributed by atoms with Gasteiger partial charge in [0.25, 0.3) is 0 Å². The van der Waals surface area contributed by atoms with E-state index in [1.807, 2.05) is 0 Å². The standard InChI is InChI=1S/C17H28N2O2/c1-2-3-4-15(20)18-19-16(21)11-17-8-12-5-13(9-17)7-14(6-12)10-17/h12-14H,2-11H2,1H3,(H,18,20)(H,19,21). The zero-order valence-electron chi connectivity index (χ0n) is 13.1. The van der Waals surface area contributed by atoms with Crippen molar-refractivity contribution in [2.24, 2.45) is 23.2 Å². The van der Waals surface area contributed by atoms with Crippen LogP contribution in [0.5, 0.6) is 0 Å². The Labute approximate surface area is 127 Å².